The van der Waals surface area contributed by atoms with Crippen LogP contribution in [0.5, 0.6) is 0 Å². The van der Waals surface area contributed by atoms with E-state index in [0.29, 0.717) is 41.3 Å². The van der Waals surface area contributed by atoms with Crippen LogP contribution in [-0.4, -0.2) is 51.2 Å². The van der Waals surface area contributed by atoms with Gasteiger partial charge in [0.25, 0.3) is 10.9 Å². The van der Waals surface area contributed by atoms with E-state index in [-0.39, 0.29) is 10.9 Å². The summed E-state index contributed by atoms with van der Waals surface area (Å²) in [6, 6.07) is 0.500. The normalized spacial score (nSPS) is 34.0. The van der Waals surface area contributed by atoms with Crippen LogP contribution in [0.4, 0.5) is 11.4 Å². The van der Waals surface area contributed by atoms with E-state index in [9.17, 15) is 9.59 Å². The quantitative estimate of drug-likeness (QED) is 0.113. The van der Waals surface area contributed by atoms with E-state index in [1.807, 2.05) is 14.1 Å². The molecule has 0 amide bonds. The first-order chi connectivity index (χ1) is 21.0. The van der Waals surface area contributed by atoms with Crippen LogP contribution < -0.4 is 26.8 Å². The predicted molar refractivity (Wildman–Crippen MR) is 186 cm³/mol. The molecule has 4 aliphatic carbocycles. The molecule has 4 aliphatic rings. The van der Waals surface area contributed by atoms with Gasteiger partial charge in [0.05, 0.1) is 0 Å². The molecular formula is C38H64N4O2. The van der Waals surface area contributed by atoms with Crippen LogP contribution in [0.2, 0.25) is 0 Å². The number of rotatable bonds is 15. The van der Waals surface area contributed by atoms with Gasteiger partial charge in [-0.15, -0.1) is 0 Å². The minimum atomic E-state index is -0.383. The first-order valence-electron chi connectivity index (χ1n) is 18.3. The largest absolute Gasteiger partial charge is 0.380 e. The molecule has 6 heteroatoms. The van der Waals surface area contributed by atoms with E-state index in [1.165, 1.54) is 64.2 Å². The van der Waals surface area contributed by atoms with E-state index in [4.69, 9.17) is 0 Å². The lowest BCUT2D eigenvalue weighted by molar-refractivity contribution is -0.0514. The van der Waals surface area contributed by atoms with Gasteiger partial charge in [-0.1, -0.05) is 65.5 Å². The van der Waals surface area contributed by atoms with Crippen molar-refractivity contribution >= 4 is 11.4 Å². The van der Waals surface area contributed by atoms with Crippen molar-refractivity contribution in [2.24, 2.45) is 46.3 Å². The molecule has 0 heterocycles. The Labute approximate surface area is 268 Å². The summed E-state index contributed by atoms with van der Waals surface area (Å²) in [7, 11) is 4.08. The monoisotopic (exact) mass is 609 g/mol. The Morgan fingerprint density at radius 2 is 1.59 bits per heavy atom. The number of nitrogens with one attached hydrogen (secondary N) is 3. The van der Waals surface area contributed by atoms with E-state index >= 15 is 0 Å². The summed E-state index contributed by atoms with van der Waals surface area (Å²) in [5.41, 5.74) is 2.83. The lowest BCUT2D eigenvalue weighted by Gasteiger charge is -2.58. The average Bonchev–Trinajstić information content (AvgIpc) is 3.34. The van der Waals surface area contributed by atoms with Gasteiger partial charge in [-0.05, 0) is 125 Å². The van der Waals surface area contributed by atoms with E-state index < -0.39 is 0 Å². The fourth-order valence-corrected chi connectivity index (χ4v) is 10.7. The predicted octanol–water partition coefficient (Wildman–Crippen LogP) is 7.06. The third-order valence-corrected chi connectivity index (χ3v) is 13.2. The van der Waals surface area contributed by atoms with Crippen molar-refractivity contribution in [3.8, 4) is 0 Å². The van der Waals surface area contributed by atoms with Gasteiger partial charge in [-0.2, -0.15) is 0 Å². The topological polar surface area (TPSA) is 73.5 Å². The van der Waals surface area contributed by atoms with Crippen molar-refractivity contribution < 1.29 is 0 Å². The van der Waals surface area contributed by atoms with Gasteiger partial charge >= 0.3 is 0 Å². The molecule has 0 aromatic heterocycles. The highest BCUT2D eigenvalue weighted by atomic mass is 16.2. The molecule has 1 aromatic carbocycles. The second-order valence-electron chi connectivity index (χ2n) is 16.6. The van der Waals surface area contributed by atoms with E-state index in [0.717, 1.165) is 61.4 Å². The van der Waals surface area contributed by atoms with Gasteiger partial charge in [0, 0.05) is 25.7 Å². The van der Waals surface area contributed by atoms with Crippen molar-refractivity contribution in [3.63, 3.8) is 0 Å². The van der Waals surface area contributed by atoms with Gasteiger partial charge < -0.3 is 20.9 Å². The van der Waals surface area contributed by atoms with Crippen molar-refractivity contribution in [1.29, 1.82) is 0 Å². The van der Waals surface area contributed by atoms with Gasteiger partial charge in [-0.3, -0.25) is 9.59 Å². The van der Waals surface area contributed by atoms with Crippen molar-refractivity contribution in [3.05, 3.63) is 32.1 Å². The van der Waals surface area contributed by atoms with Crippen LogP contribution in [0.3, 0.4) is 0 Å². The summed E-state index contributed by atoms with van der Waals surface area (Å²) in [6.07, 6.45) is 18.6. The fourth-order valence-electron chi connectivity index (χ4n) is 10.7. The highest BCUT2D eigenvalue weighted by Gasteiger charge is 2.59. The second-order valence-corrected chi connectivity index (χ2v) is 16.6. The SMILES string of the molecule is CC(C)CCC[C@@H](C)C1CCC2C3CC=C4CC(NCCNc5c(NCCCN(C)C)c(=O)c5=O)CCC4(C)C3CCC21C. The molecule has 0 bridgehead atoms. The van der Waals surface area contributed by atoms with Gasteiger partial charge in [0.15, 0.2) is 0 Å². The Morgan fingerprint density at radius 1 is 0.864 bits per heavy atom. The molecule has 0 radical (unpaired) electrons. The smallest absolute Gasteiger partial charge is 0.253 e. The molecule has 1 aromatic rings. The van der Waals surface area contributed by atoms with Crippen LogP contribution in [-0.2, 0) is 0 Å². The number of nitrogens with zero attached hydrogens (tertiary/aromatic N) is 1. The lowest BCUT2D eigenvalue weighted by atomic mass is 9.47. The van der Waals surface area contributed by atoms with Crippen molar-refractivity contribution in [2.75, 3.05) is 50.9 Å². The molecule has 248 valence electrons. The lowest BCUT2D eigenvalue weighted by Crippen LogP contribution is -2.52. The maximum absolute atomic E-state index is 12.2. The molecule has 5 rings (SSSR count). The summed E-state index contributed by atoms with van der Waals surface area (Å²) < 4.78 is 0. The first-order valence-corrected chi connectivity index (χ1v) is 18.3. The van der Waals surface area contributed by atoms with Crippen LogP contribution in [0, 0.1) is 46.3 Å². The molecule has 8 atom stereocenters. The number of hydrogen-bond acceptors (Lipinski definition) is 6. The van der Waals surface area contributed by atoms with E-state index in [1.54, 1.807) is 5.57 Å². The Balaban J connectivity index is 1.11. The Hall–Kier alpha value is -1.66. The highest BCUT2D eigenvalue weighted by molar-refractivity contribution is 5.73. The van der Waals surface area contributed by atoms with E-state index in [2.05, 4.69) is 61.5 Å². The molecule has 0 spiro atoms. The number of anilines is 2. The molecule has 3 fully saturated rings. The zero-order valence-electron chi connectivity index (χ0n) is 29.2. The molecule has 0 saturated heterocycles. The summed E-state index contributed by atoms with van der Waals surface area (Å²) in [5, 5.41) is 10.2. The van der Waals surface area contributed by atoms with Crippen LogP contribution >= 0.6 is 0 Å². The van der Waals surface area contributed by atoms with Crippen LogP contribution in [0.1, 0.15) is 112 Å². The summed E-state index contributed by atoms with van der Waals surface area (Å²) in [4.78, 5) is 26.4. The zero-order chi connectivity index (χ0) is 31.6. The third-order valence-electron chi connectivity index (χ3n) is 13.2. The van der Waals surface area contributed by atoms with Crippen LogP contribution in [0.25, 0.3) is 0 Å². The fraction of sp³-hybridized carbons (Fsp3) is 0.842. The molecule has 3 saturated carbocycles. The first kappa shape index (κ1) is 33.7. The highest BCUT2D eigenvalue weighted by Crippen LogP contribution is 2.67. The molecular weight excluding hydrogens is 544 g/mol. The van der Waals surface area contributed by atoms with Crippen molar-refractivity contribution in [2.45, 2.75) is 118 Å². The molecule has 6 nitrogen and oxygen atoms in total. The molecule has 7 unspecified atom stereocenters. The number of fused-ring (bicyclic) bond motifs is 5. The second kappa shape index (κ2) is 14.0. The molecule has 44 heavy (non-hydrogen) atoms. The standard InChI is InChI=1S/C38H64N4O2/c1-25(2)10-8-11-26(3)30-14-15-31-29-13-12-27-24-28(16-18-37(27,4)32(29)17-19-38(30,31)5)39-21-22-41-34-33(35(43)36(34)44)40-20-9-23-42(6)7/h12,25-26,28-32,39-41H,8-11,13-24H2,1-7H3/t26-,28?,29?,30?,31?,32?,37?,38?/m1/s1. The maximum atomic E-state index is 12.2. The maximum Gasteiger partial charge on any atom is 0.253 e. The van der Waals surface area contributed by atoms with Gasteiger partial charge in [0.2, 0.25) is 0 Å². The minimum Gasteiger partial charge on any atom is -0.380 e. The molecule has 3 N–H and O–H groups in total. The minimum absolute atomic E-state index is 0.373. The Bertz CT molecular complexity index is 1210. The van der Waals surface area contributed by atoms with Crippen molar-refractivity contribution in [1.82, 2.24) is 10.2 Å². The number of allylic oxidation sites excluding steroid dienone is 1. The summed E-state index contributed by atoms with van der Waals surface area (Å²) in [6.45, 7) is 15.8. The summed E-state index contributed by atoms with van der Waals surface area (Å²) >= 11 is 0. The molecule has 0 aliphatic heterocycles. The Kier molecular flexibility index (Phi) is 10.7. The van der Waals surface area contributed by atoms with Gasteiger partial charge in [0.1, 0.15) is 11.4 Å². The van der Waals surface area contributed by atoms with Crippen LogP contribution in [0.15, 0.2) is 21.2 Å². The third kappa shape index (κ3) is 6.73. The average molecular weight is 609 g/mol. The summed E-state index contributed by atoms with van der Waals surface area (Å²) in [5.74, 6) is 5.28. The Morgan fingerprint density at radius 3 is 2.30 bits per heavy atom. The van der Waals surface area contributed by atoms with Gasteiger partial charge in [-0.25, -0.2) is 0 Å². The zero-order valence-corrected chi connectivity index (χ0v) is 29.2. The number of hydrogen-bond donors (Lipinski definition) is 3.